The molecule has 2 rings (SSSR count). The molecule has 2 heterocycles. The van der Waals surface area contributed by atoms with Crippen LogP contribution in [0.5, 0.6) is 0 Å². The smallest absolute Gasteiger partial charge is 0.0480 e. The Kier molecular flexibility index (Phi) is 4.29. The van der Waals surface area contributed by atoms with E-state index in [9.17, 15) is 0 Å². The van der Waals surface area contributed by atoms with Crippen LogP contribution >= 0.6 is 12.4 Å². The number of rotatable bonds is 2. The Balaban J connectivity index is 0.000000720. The highest BCUT2D eigenvalue weighted by molar-refractivity contribution is 5.85. The molecule has 0 aromatic heterocycles. The van der Waals surface area contributed by atoms with Gasteiger partial charge in [0.15, 0.2) is 0 Å². The van der Waals surface area contributed by atoms with Gasteiger partial charge in [0, 0.05) is 38.4 Å². The first-order valence-corrected chi connectivity index (χ1v) is 4.49. The van der Waals surface area contributed by atoms with Crippen molar-refractivity contribution in [2.24, 2.45) is 0 Å². The molecule has 0 radical (unpaired) electrons. The zero-order chi connectivity index (χ0) is 7.52. The molecule has 0 amide bonds. The molecule has 2 aliphatic heterocycles. The quantitative estimate of drug-likeness (QED) is 0.654. The molecule has 0 atom stereocenters. The Morgan fingerprint density at radius 2 is 1.75 bits per heavy atom. The molecule has 72 valence electrons. The lowest BCUT2D eigenvalue weighted by atomic mass is 10.1. The largest absolute Gasteiger partial charge is 0.381 e. The molecule has 0 saturated carbocycles. The maximum absolute atomic E-state index is 5.28. The molecule has 0 aliphatic carbocycles. The van der Waals surface area contributed by atoms with Crippen LogP contribution < -0.4 is 10.6 Å². The number of nitrogens with one attached hydrogen (secondary N) is 2. The molecular weight excluding hydrogens is 176 g/mol. The van der Waals surface area contributed by atoms with Gasteiger partial charge in [0.1, 0.15) is 0 Å². The molecule has 0 bridgehead atoms. The van der Waals surface area contributed by atoms with Crippen molar-refractivity contribution >= 4 is 12.4 Å². The van der Waals surface area contributed by atoms with E-state index in [1.54, 1.807) is 0 Å². The van der Waals surface area contributed by atoms with Gasteiger partial charge in [0.05, 0.1) is 0 Å². The average Bonchev–Trinajstić information content (AvgIpc) is 1.99. The first-order valence-electron chi connectivity index (χ1n) is 4.49. The molecule has 0 aromatic rings. The summed E-state index contributed by atoms with van der Waals surface area (Å²) in [6.07, 6.45) is 2.38. The summed E-state index contributed by atoms with van der Waals surface area (Å²) in [5, 5.41) is 6.87. The molecular formula is C8H17ClN2O. The zero-order valence-electron chi connectivity index (χ0n) is 7.21. The molecule has 0 unspecified atom stereocenters. The summed E-state index contributed by atoms with van der Waals surface area (Å²) in [6.45, 7) is 4.18. The maximum atomic E-state index is 5.28. The summed E-state index contributed by atoms with van der Waals surface area (Å²) in [6, 6.07) is 1.45. The van der Waals surface area contributed by atoms with Gasteiger partial charge in [0.25, 0.3) is 0 Å². The average molecular weight is 193 g/mol. The first-order chi connectivity index (χ1) is 5.45. The van der Waals surface area contributed by atoms with Crippen molar-refractivity contribution in [3.8, 4) is 0 Å². The van der Waals surface area contributed by atoms with E-state index in [1.165, 1.54) is 12.8 Å². The van der Waals surface area contributed by atoms with Crippen LogP contribution in [0.4, 0.5) is 0 Å². The fourth-order valence-electron chi connectivity index (χ4n) is 1.60. The Morgan fingerprint density at radius 1 is 1.08 bits per heavy atom. The van der Waals surface area contributed by atoms with Gasteiger partial charge in [-0.2, -0.15) is 0 Å². The number of halogens is 1. The monoisotopic (exact) mass is 192 g/mol. The maximum Gasteiger partial charge on any atom is 0.0480 e. The summed E-state index contributed by atoms with van der Waals surface area (Å²) >= 11 is 0. The van der Waals surface area contributed by atoms with Crippen LogP contribution in [0.3, 0.4) is 0 Å². The van der Waals surface area contributed by atoms with Gasteiger partial charge >= 0.3 is 0 Å². The van der Waals surface area contributed by atoms with E-state index >= 15 is 0 Å². The lowest BCUT2D eigenvalue weighted by Crippen LogP contribution is -2.58. The Labute approximate surface area is 79.6 Å². The highest BCUT2D eigenvalue weighted by Crippen LogP contribution is 2.07. The van der Waals surface area contributed by atoms with Crippen molar-refractivity contribution in [2.75, 3.05) is 26.3 Å². The van der Waals surface area contributed by atoms with Gasteiger partial charge in [-0.05, 0) is 12.8 Å². The third kappa shape index (κ3) is 2.59. The van der Waals surface area contributed by atoms with E-state index in [-0.39, 0.29) is 12.4 Å². The zero-order valence-corrected chi connectivity index (χ0v) is 8.03. The SMILES string of the molecule is C1CC(NC2CNC2)CCO1.Cl. The standard InChI is InChI=1S/C8H16N2O.ClH/c1-3-11-4-2-7(1)10-8-5-9-6-8;/h7-10H,1-6H2;1H. The predicted octanol–water partition coefficient (Wildman–Crippen LogP) is 0.149. The van der Waals surface area contributed by atoms with E-state index in [0.717, 1.165) is 38.4 Å². The summed E-state index contributed by atoms with van der Waals surface area (Å²) < 4.78 is 5.28. The Morgan fingerprint density at radius 3 is 2.25 bits per heavy atom. The van der Waals surface area contributed by atoms with Gasteiger partial charge in [-0.15, -0.1) is 12.4 Å². The van der Waals surface area contributed by atoms with Crippen LogP contribution in [0, 0.1) is 0 Å². The van der Waals surface area contributed by atoms with Crippen LogP contribution in [-0.2, 0) is 4.74 Å². The van der Waals surface area contributed by atoms with E-state index in [2.05, 4.69) is 10.6 Å². The van der Waals surface area contributed by atoms with Gasteiger partial charge in [0.2, 0.25) is 0 Å². The first kappa shape index (κ1) is 10.3. The van der Waals surface area contributed by atoms with Crippen LogP contribution in [-0.4, -0.2) is 38.4 Å². The predicted molar refractivity (Wildman–Crippen MR) is 50.9 cm³/mol. The fourth-order valence-corrected chi connectivity index (χ4v) is 1.60. The van der Waals surface area contributed by atoms with Crippen LogP contribution in [0.25, 0.3) is 0 Å². The Hall–Kier alpha value is 0.170. The minimum atomic E-state index is 0. The van der Waals surface area contributed by atoms with Crippen molar-refractivity contribution in [1.82, 2.24) is 10.6 Å². The summed E-state index contributed by atoms with van der Waals surface area (Å²) in [7, 11) is 0. The summed E-state index contributed by atoms with van der Waals surface area (Å²) in [5.41, 5.74) is 0. The molecule has 3 nitrogen and oxygen atoms in total. The molecule has 12 heavy (non-hydrogen) atoms. The molecule has 2 N–H and O–H groups in total. The van der Waals surface area contributed by atoms with Crippen molar-refractivity contribution in [1.29, 1.82) is 0 Å². The molecule has 2 fully saturated rings. The Bertz CT molecular complexity index is 124. The third-order valence-corrected chi connectivity index (χ3v) is 2.47. The van der Waals surface area contributed by atoms with E-state index in [1.807, 2.05) is 0 Å². The normalized spacial score (nSPS) is 26.0. The van der Waals surface area contributed by atoms with E-state index < -0.39 is 0 Å². The molecule has 2 saturated heterocycles. The lowest BCUT2D eigenvalue weighted by molar-refractivity contribution is 0.0725. The van der Waals surface area contributed by atoms with Gasteiger partial charge in [-0.1, -0.05) is 0 Å². The highest BCUT2D eigenvalue weighted by atomic mass is 35.5. The topological polar surface area (TPSA) is 33.3 Å². The van der Waals surface area contributed by atoms with Crippen molar-refractivity contribution < 1.29 is 4.74 Å². The van der Waals surface area contributed by atoms with Crippen molar-refractivity contribution in [3.05, 3.63) is 0 Å². The summed E-state index contributed by atoms with van der Waals surface area (Å²) in [4.78, 5) is 0. The molecule has 0 aromatic carbocycles. The highest BCUT2D eigenvalue weighted by Gasteiger charge is 2.21. The second-order valence-electron chi connectivity index (χ2n) is 3.41. The lowest BCUT2D eigenvalue weighted by Gasteiger charge is -2.34. The number of ether oxygens (including phenoxy) is 1. The van der Waals surface area contributed by atoms with Gasteiger partial charge < -0.3 is 15.4 Å². The fraction of sp³-hybridized carbons (Fsp3) is 1.00. The molecule has 2 aliphatic rings. The minimum Gasteiger partial charge on any atom is -0.381 e. The minimum absolute atomic E-state index is 0. The number of hydrogen-bond donors (Lipinski definition) is 2. The molecule has 4 heteroatoms. The third-order valence-electron chi connectivity index (χ3n) is 2.47. The summed E-state index contributed by atoms with van der Waals surface area (Å²) in [5.74, 6) is 0. The van der Waals surface area contributed by atoms with E-state index in [4.69, 9.17) is 4.74 Å². The van der Waals surface area contributed by atoms with Crippen LogP contribution in [0.1, 0.15) is 12.8 Å². The van der Waals surface area contributed by atoms with Crippen LogP contribution in [0.2, 0.25) is 0 Å². The van der Waals surface area contributed by atoms with Gasteiger partial charge in [-0.3, -0.25) is 0 Å². The molecule has 0 spiro atoms. The van der Waals surface area contributed by atoms with E-state index in [0.29, 0.717) is 0 Å². The second kappa shape index (κ2) is 5.02. The van der Waals surface area contributed by atoms with Crippen LogP contribution in [0.15, 0.2) is 0 Å². The van der Waals surface area contributed by atoms with Crippen molar-refractivity contribution in [3.63, 3.8) is 0 Å². The number of hydrogen-bond acceptors (Lipinski definition) is 3. The van der Waals surface area contributed by atoms with Crippen molar-refractivity contribution in [2.45, 2.75) is 24.9 Å². The second-order valence-corrected chi connectivity index (χ2v) is 3.41. The van der Waals surface area contributed by atoms with Gasteiger partial charge in [-0.25, -0.2) is 0 Å².